The highest BCUT2D eigenvalue weighted by Crippen LogP contribution is 2.14. The second-order valence-electron chi connectivity index (χ2n) is 4.81. The van der Waals surface area contributed by atoms with Crippen LogP contribution in [0.25, 0.3) is 0 Å². The predicted octanol–water partition coefficient (Wildman–Crippen LogP) is 2.84. The smallest absolute Gasteiger partial charge is 0.0636 e. The molecular formula is C16H19NO. The number of aliphatic hydroxyl groups is 1. The zero-order chi connectivity index (χ0) is 13.0. The Morgan fingerprint density at radius 3 is 2.67 bits per heavy atom. The van der Waals surface area contributed by atoms with Crippen molar-refractivity contribution in [1.82, 2.24) is 4.98 Å². The minimum Gasteiger partial charge on any atom is -0.392 e. The first kappa shape index (κ1) is 12.8. The monoisotopic (exact) mass is 241 g/mol. The molecule has 1 aromatic heterocycles. The molecule has 0 bridgehead atoms. The lowest BCUT2D eigenvalue weighted by Crippen LogP contribution is -2.15. The van der Waals surface area contributed by atoms with Gasteiger partial charge in [0.2, 0.25) is 0 Å². The fourth-order valence-corrected chi connectivity index (χ4v) is 2.11. The second-order valence-corrected chi connectivity index (χ2v) is 4.81. The maximum Gasteiger partial charge on any atom is 0.0636 e. The number of aromatic nitrogens is 1. The van der Waals surface area contributed by atoms with Crippen molar-refractivity contribution in [2.24, 2.45) is 0 Å². The van der Waals surface area contributed by atoms with E-state index in [-0.39, 0.29) is 6.10 Å². The van der Waals surface area contributed by atoms with Gasteiger partial charge in [0.25, 0.3) is 0 Å². The predicted molar refractivity (Wildman–Crippen MR) is 73.6 cm³/mol. The van der Waals surface area contributed by atoms with Crippen molar-refractivity contribution in [3.8, 4) is 0 Å². The highest BCUT2D eigenvalue weighted by atomic mass is 16.3. The van der Waals surface area contributed by atoms with E-state index in [0.717, 1.165) is 5.69 Å². The van der Waals surface area contributed by atoms with Crippen LogP contribution in [0.3, 0.4) is 0 Å². The number of aryl methyl sites for hydroxylation is 2. The van der Waals surface area contributed by atoms with E-state index < -0.39 is 0 Å². The number of rotatable bonds is 4. The van der Waals surface area contributed by atoms with Crippen LogP contribution in [0, 0.1) is 13.8 Å². The molecule has 0 spiro atoms. The molecular weight excluding hydrogens is 222 g/mol. The summed E-state index contributed by atoms with van der Waals surface area (Å²) < 4.78 is 0. The molecule has 2 heteroatoms. The molecule has 2 rings (SSSR count). The first-order chi connectivity index (χ1) is 8.65. The van der Waals surface area contributed by atoms with E-state index >= 15 is 0 Å². The van der Waals surface area contributed by atoms with Gasteiger partial charge in [-0.2, -0.15) is 0 Å². The first-order valence-corrected chi connectivity index (χ1v) is 6.29. The van der Waals surface area contributed by atoms with E-state index in [1.807, 2.05) is 18.2 Å². The van der Waals surface area contributed by atoms with E-state index in [1.54, 1.807) is 6.20 Å². The molecule has 2 nitrogen and oxygen atoms in total. The molecule has 0 aliphatic rings. The quantitative estimate of drug-likeness (QED) is 0.893. The van der Waals surface area contributed by atoms with Gasteiger partial charge < -0.3 is 5.11 Å². The molecule has 1 atom stereocenters. The average molecular weight is 241 g/mol. The Kier molecular flexibility index (Phi) is 4.11. The second kappa shape index (κ2) is 5.78. The van der Waals surface area contributed by atoms with Gasteiger partial charge >= 0.3 is 0 Å². The Morgan fingerprint density at radius 1 is 1.11 bits per heavy atom. The van der Waals surface area contributed by atoms with Crippen molar-refractivity contribution < 1.29 is 5.11 Å². The van der Waals surface area contributed by atoms with Crippen LogP contribution in [0.4, 0.5) is 0 Å². The Balaban J connectivity index is 2.03. The van der Waals surface area contributed by atoms with Crippen LogP contribution in [0.5, 0.6) is 0 Å². The lowest BCUT2D eigenvalue weighted by molar-refractivity contribution is 0.174. The van der Waals surface area contributed by atoms with Crippen molar-refractivity contribution in [3.05, 3.63) is 65.0 Å². The zero-order valence-corrected chi connectivity index (χ0v) is 10.9. The summed E-state index contributed by atoms with van der Waals surface area (Å²) in [6.07, 6.45) is 2.68. The average Bonchev–Trinajstić information content (AvgIpc) is 2.35. The summed E-state index contributed by atoms with van der Waals surface area (Å²) in [5.74, 6) is 0. The number of hydrogen-bond acceptors (Lipinski definition) is 2. The largest absolute Gasteiger partial charge is 0.392 e. The van der Waals surface area contributed by atoms with Gasteiger partial charge in [0, 0.05) is 18.3 Å². The van der Waals surface area contributed by atoms with Gasteiger partial charge in [-0.15, -0.1) is 0 Å². The molecule has 1 aromatic carbocycles. The van der Waals surface area contributed by atoms with Crippen LogP contribution in [-0.2, 0) is 12.8 Å². The van der Waals surface area contributed by atoms with E-state index in [2.05, 4.69) is 37.0 Å². The summed E-state index contributed by atoms with van der Waals surface area (Å²) in [5.41, 5.74) is 4.63. The van der Waals surface area contributed by atoms with Gasteiger partial charge in [-0.1, -0.05) is 29.8 Å². The summed E-state index contributed by atoms with van der Waals surface area (Å²) >= 11 is 0. The molecule has 1 N–H and O–H groups in total. The van der Waals surface area contributed by atoms with Crippen molar-refractivity contribution in [3.63, 3.8) is 0 Å². The minimum atomic E-state index is -0.375. The Morgan fingerprint density at radius 2 is 1.94 bits per heavy atom. The molecule has 0 saturated carbocycles. The van der Waals surface area contributed by atoms with E-state index in [1.165, 1.54) is 16.7 Å². The van der Waals surface area contributed by atoms with Gasteiger partial charge in [0.1, 0.15) is 0 Å². The lowest BCUT2D eigenvalue weighted by atomic mass is 9.98. The SMILES string of the molecule is Cc1ccc(C)c(CC(O)Cc2ccccn2)c1. The lowest BCUT2D eigenvalue weighted by Gasteiger charge is -2.12. The van der Waals surface area contributed by atoms with E-state index in [0.29, 0.717) is 12.8 Å². The third kappa shape index (κ3) is 3.41. The molecule has 0 radical (unpaired) electrons. The van der Waals surface area contributed by atoms with Gasteiger partial charge in [0.15, 0.2) is 0 Å². The third-order valence-corrected chi connectivity index (χ3v) is 3.13. The Hall–Kier alpha value is -1.67. The summed E-state index contributed by atoms with van der Waals surface area (Å²) in [7, 11) is 0. The third-order valence-electron chi connectivity index (χ3n) is 3.13. The highest BCUT2D eigenvalue weighted by Gasteiger charge is 2.09. The van der Waals surface area contributed by atoms with Crippen LogP contribution in [0.15, 0.2) is 42.6 Å². The van der Waals surface area contributed by atoms with Crippen molar-refractivity contribution in [2.45, 2.75) is 32.8 Å². The van der Waals surface area contributed by atoms with Crippen molar-refractivity contribution in [1.29, 1.82) is 0 Å². The van der Waals surface area contributed by atoms with Gasteiger partial charge in [-0.25, -0.2) is 0 Å². The molecule has 0 aliphatic heterocycles. The molecule has 18 heavy (non-hydrogen) atoms. The number of aliphatic hydroxyl groups excluding tert-OH is 1. The Bertz CT molecular complexity index is 508. The van der Waals surface area contributed by atoms with Crippen molar-refractivity contribution >= 4 is 0 Å². The van der Waals surface area contributed by atoms with Crippen LogP contribution in [0.1, 0.15) is 22.4 Å². The molecule has 0 fully saturated rings. The molecule has 1 heterocycles. The molecule has 2 aromatic rings. The van der Waals surface area contributed by atoms with Crippen molar-refractivity contribution in [2.75, 3.05) is 0 Å². The summed E-state index contributed by atoms with van der Waals surface area (Å²) in [5, 5.41) is 10.1. The molecule has 1 unspecified atom stereocenters. The highest BCUT2D eigenvalue weighted by molar-refractivity contribution is 5.31. The topological polar surface area (TPSA) is 33.1 Å². The standard InChI is InChI=1S/C16H19NO/c1-12-6-7-13(2)14(9-12)10-16(18)11-15-5-3-4-8-17-15/h3-9,16,18H,10-11H2,1-2H3. The summed E-state index contributed by atoms with van der Waals surface area (Å²) in [6.45, 7) is 4.16. The van der Waals surface area contributed by atoms with Crippen LogP contribution in [-0.4, -0.2) is 16.2 Å². The van der Waals surface area contributed by atoms with Crippen LogP contribution < -0.4 is 0 Å². The van der Waals surface area contributed by atoms with Gasteiger partial charge in [-0.05, 0) is 43.5 Å². The van der Waals surface area contributed by atoms with Gasteiger partial charge in [-0.3, -0.25) is 4.98 Å². The van der Waals surface area contributed by atoms with E-state index in [4.69, 9.17) is 0 Å². The Labute approximate surface area is 108 Å². The molecule has 0 amide bonds. The molecule has 94 valence electrons. The maximum atomic E-state index is 10.1. The normalized spacial score (nSPS) is 12.4. The first-order valence-electron chi connectivity index (χ1n) is 6.29. The number of benzene rings is 1. The maximum absolute atomic E-state index is 10.1. The molecule has 0 aliphatic carbocycles. The van der Waals surface area contributed by atoms with E-state index in [9.17, 15) is 5.11 Å². The summed E-state index contributed by atoms with van der Waals surface area (Å²) in [4.78, 5) is 4.24. The zero-order valence-electron chi connectivity index (χ0n) is 10.9. The number of pyridine rings is 1. The van der Waals surface area contributed by atoms with Gasteiger partial charge in [0.05, 0.1) is 6.10 Å². The number of nitrogens with zero attached hydrogens (tertiary/aromatic N) is 1. The van der Waals surface area contributed by atoms with Crippen LogP contribution in [0.2, 0.25) is 0 Å². The number of hydrogen-bond donors (Lipinski definition) is 1. The van der Waals surface area contributed by atoms with Crippen LogP contribution >= 0.6 is 0 Å². The molecule has 0 saturated heterocycles. The fourth-order valence-electron chi connectivity index (χ4n) is 2.11. The fraction of sp³-hybridized carbons (Fsp3) is 0.312. The summed E-state index contributed by atoms with van der Waals surface area (Å²) in [6, 6.07) is 12.2. The minimum absolute atomic E-state index is 0.375.